The van der Waals surface area contributed by atoms with Crippen LogP contribution in [-0.2, 0) is 4.79 Å². The number of hydrogen-bond acceptors (Lipinski definition) is 4. The van der Waals surface area contributed by atoms with E-state index < -0.39 is 5.91 Å². The number of benzene rings is 2. The van der Waals surface area contributed by atoms with E-state index in [1.807, 2.05) is 31.2 Å². The molecule has 0 aliphatic heterocycles. The molecule has 6 heteroatoms. The predicted octanol–water partition coefficient (Wildman–Crippen LogP) is 4.41. The summed E-state index contributed by atoms with van der Waals surface area (Å²) >= 11 is 3.32. The summed E-state index contributed by atoms with van der Waals surface area (Å²) in [4.78, 5) is 12.4. The monoisotopic (exact) mass is 400 g/mol. The van der Waals surface area contributed by atoms with Gasteiger partial charge in [0.15, 0.2) is 11.5 Å². The number of para-hydroxylation sites is 1. The van der Waals surface area contributed by atoms with Crippen LogP contribution < -0.4 is 10.1 Å². The number of nitriles is 1. The predicted molar refractivity (Wildman–Crippen MR) is 100 cm³/mol. The number of carbonyl (C=O) groups excluding carboxylic acids is 1. The Labute approximate surface area is 154 Å². The number of ether oxygens (including phenoxy) is 1. The zero-order valence-electron chi connectivity index (χ0n) is 13.8. The highest BCUT2D eigenvalue weighted by atomic mass is 79.9. The van der Waals surface area contributed by atoms with Crippen LogP contribution in [0.15, 0.2) is 46.4 Å². The largest absolute Gasteiger partial charge is 0.504 e. The first-order valence-electron chi connectivity index (χ1n) is 7.60. The van der Waals surface area contributed by atoms with Gasteiger partial charge in [-0.3, -0.25) is 4.79 Å². The molecule has 2 aromatic rings. The Balaban J connectivity index is 2.34. The van der Waals surface area contributed by atoms with Crippen molar-refractivity contribution in [1.82, 2.24) is 0 Å². The molecule has 25 heavy (non-hydrogen) atoms. The van der Waals surface area contributed by atoms with Gasteiger partial charge in [0.25, 0.3) is 5.91 Å². The molecule has 1 amide bonds. The summed E-state index contributed by atoms with van der Waals surface area (Å²) < 4.78 is 5.88. The molecule has 0 saturated carbocycles. The van der Waals surface area contributed by atoms with Crippen molar-refractivity contribution in [3.8, 4) is 17.6 Å². The Morgan fingerprint density at radius 1 is 1.40 bits per heavy atom. The lowest BCUT2D eigenvalue weighted by Crippen LogP contribution is -2.14. The smallest absolute Gasteiger partial charge is 0.266 e. The maximum Gasteiger partial charge on any atom is 0.266 e. The number of halogens is 1. The molecule has 2 N–H and O–H groups in total. The summed E-state index contributed by atoms with van der Waals surface area (Å²) in [5.74, 6) is -0.239. The highest BCUT2D eigenvalue weighted by Crippen LogP contribution is 2.33. The standard InChI is InChI=1S/C19H17BrN2O3/c1-3-25-18-9-13(15(20)10-17(18)23)8-14(11-21)19(24)22-16-7-5-4-6-12(16)2/h4-10,23H,3H2,1-2H3,(H,22,24)/b14-8+. The second-order valence-electron chi connectivity index (χ2n) is 5.21. The second-order valence-corrected chi connectivity index (χ2v) is 6.07. The number of rotatable bonds is 5. The molecule has 0 atom stereocenters. The number of phenolic OH excluding ortho intramolecular Hbond substituents is 1. The van der Waals surface area contributed by atoms with Gasteiger partial charge in [0.05, 0.1) is 6.61 Å². The minimum atomic E-state index is -0.505. The summed E-state index contributed by atoms with van der Waals surface area (Å²) in [5.41, 5.74) is 2.04. The van der Waals surface area contributed by atoms with E-state index in [-0.39, 0.29) is 17.1 Å². The number of hydrogen-bond donors (Lipinski definition) is 2. The first-order valence-corrected chi connectivity index (χ1v) is 8.39. The Morgan fingerprint density at radius 2 is 2.12 bits per heavy atom. The SMILES string of the molecule is CCOc1cc(/C=C(\C#N)C(=O)Nc2ccccc2C)c(Br)cc1O. The minimum Gasteiger partial charge on any atom is -0.504 e. The number of anilines is 1. The lowest BCUT2D eigenvalue weighted by molar-refractivity contribution is -0.112. The summed E-state index contributed by atoms with van der Waals surface area (Å²) in [5, 5.41) is 21.9. The summed E-state index contributed by atoms with van der Waals surface area (Å²) in [6.07, 6.45) is 1.44. The molecule has 0 saturated heterocycles. The second kappa shape index (κ2) is 8.36. The van der Waals surface area contributed by atoms with Gasteiger partial charge in [-0.1, -0.05) is 34.1 Å². The molecular formula is C19H17BrN2O3. The molecule has 0 radical (unpaired) electrons. The van der Waals surface area contributed by atoms with Gasteiger partial charge in [0.1, 0.15) is 11.6 Å². The lowest BCUT2D eigenvalue weighted by atomic mass is 10.1. The highest BCUT2D eigenvalue weighted by Gasteiger charge is 2.13. The van der Waals surface area contributed by atoms with Crippen LogP contribution >= 0.6 is 15.9 Å². The average Bonchev–Trinajstić information content (AvgIpc) is 2.58. The van der Waals surface area contributed by atoms with E-state index in [4.69, 9.17) is 4.74 Å². The molecule has 128 valence electrons. The van der Waals surface area contributed by atoms with E-state index in [2.05, 4.69) is 21.2 Å². The summed E-state index contributed by atoms with van der Waals surface area (Å²) in [7, 11) is 0. The van der Waals surface area contributed by atoms with E-state index in [1.165, 1.54) is 12.1 Å². The van der Waals surface area contributed by atoms with Crippen molar-refractivity contribution in [2.45, 2.75) is 13.8 Å². The number of amides is 1. The highest BCUT2D eigenvalue weighted by molar-refractivity contribution is 9.10. The van der Waals surface area contributed by atoms with Crippen molar-refractivity contribution in [2.24, 2.45) is 0 Å². The number of phenols is 1. The third-order valence-corrected chi connectivity index (χ3v) is 4.12. The van der Waals surface area contributed by atoms with Gasteiger partial charge in [-0.05, 0) is 49.2 Å². The zero-order chi connectivity index (χ0) is 18.4. The summed E-state index contributed by atoms with van der Waals surface area (Å²) in [6.45, 7) is 4.06. The number of nitrogens with one attached hydrogen (secondary N) is 1. The van der Waals surface area contributed by atoms with Crippen LogP contribution in [-0.4, -0.2) is 17.6 Å². The molecule has 2 aromatic carbocycles. The quantitative estimate of drug-likeness (QED) is 0.575. The average molecular weight is 401 g/mol. The first-order chi connectivity index (χ1) is 12.0. The Hall–Kier alpha value is -2.78. The molecule has 0 aromatic heterocycles. The van der Waals surface area contributed by atoms with Crippen LogP contribution in [0.1, 0.15) is 18.1 Å². The molecule has 0 spiro atoms. The molecule has 0 heterocycles. The van der Waals surface area contributed by atoms with Gasteiger partial charge in [-0.25, -0.2) is 0 Å². The molecule has 0 aliphatic rings. The van der Waals surface area contributed by atoms with Crippen LogP contribution in [0.4, 0.5) is 5.69 Å². The third-order valence-electron chi connectivity index (χ3n) is 3.44. The van der Waals surface area contributed by atoms with Crippen LogP contribution in [0.3, 0.4) is 0 Å². The zero-order valence-corrected chi connectivity index (χ0v) is 15.4. The topological polar surface area (TPSA) is 82.3 Å². The van der Waals surface area contributed by atoms with E-state index in [9.17, 15) is 15.2 Å². The van der Waals surface area contributed by atoms with Gasteiger partial charge in [0.2, 0.25) is 0 Å². The molecule has 0 aliphatic carbocycles. The minimum absolute atomic E-state index is 0.0197. The number of nitrogens with zero attached hydrogens (tertiary/aromatic N) is 1. The van der Waals surface area contributed by atoms with Gasteiger partial charge >= 0.3 is 0 Å². The van der Waals surface area contributed by atoms with Crippen molar-refractivity contribution in [3.63, 3.8) is 0 Å². The molecule has 2 rings (SSSR count). The molecule has 0 unspecified atom stereocenters. The van der Waals surface area contributed by atoms with E-state index in [1.54, 1.807) is 19.1 Å². The third kappa shape index (κ3) is 4.61. The van der Waals surface area contributed by atoms with Crippen LogP contribution in [0.25, 0.3) is 6.08 Å². The molecule has 0 bridgehead atoms. The van der Waals surface area contributed by atoms with E-state index >= 15 is 0 Å². The van der Waals surface area contributed by atoms with Crippen LogP contribution in [0.2, 0.25) is 0 Å². The van der Waals surface area contributed by atoms with Gasteiger partial charge in [-0.15, -0.1) is 0 Å². The van der Waals surface area contributed by atoms with Gasteiger partial charge in [0, 0.05) is 10.2 Å². The normalized spacial score (nSPS) is 10.9. The maximum atomic E-state index is 12.4. The Bertz CT molecular complexity index is 869. The fourth-order valence-corrected chi connectivity index (χ4v) is 2.59. The Kier molecular flexibility index (Phi) is 6.20. The van der Waals surface area contributed by atoms with Crippen molar-refractivity contribution in [2.75, 3.05) is 11.9 Å². The summed E-state index contributed by atoms with van der Waals surface area (Å²) in [6, 6.07) is 12.3. The van der Waals surface area contributed by atoms with Crippen LogP contribution in [0.5, 0.6) is 11.5 Å². The maximum absolute atomic E-state index is 12.4. The van der Waals surface area contributed by atoms with E-state index in [0.717, 1.165) is 5.56 Å². The number of carbonyl (C=O) groups is 1. The van der Waals surface area contributed by atoms with Gasteiger partial charge < -0.3 is 15.2 Å². The van der Waals surface area contributed by atoms with Crippen molar-refractivity contribution >= 4 is 33.6 Å². The van der Waals surface area contributed by atoms with E-state index in [0.29, 0.717) is 22.3 Å². The fourth-order valence-electron chi connectivity index (χ4n) is 2.15. The number of aromatic hydroxyl groups is 1. The molecule has 0 fully saturated rings. The van der Waals surface area contributed by atoms with Crippen LogP contribution in [0, 0.1) is 18.3 Å². The fraction of sp³-hybridized carbons (Fsp3) is 0.158. The van der Waals surface area contributed by atoms with Crippen molar-refractivity contribution < 1.29 is 14.6 Å². The lowest BCUT2D eigenvalue weighted by Gasteiger charge is -2.10. The Morgan fingerprint density at radius 3 is 2.76 bits per heavy atom. The number of aryl methyl sites for hydroxylation is 1. The molecule has 5 nitrogen and oxygen atoms in total. The van der Waals surface area contributed by atoms with Gasteiger partial charge in [-0.2, -0.15) is 5.26 Å². The van der Waals surface area contributed by atoms with Crippen molar-refractivity contribution in [3.05, 3.63) is 57.6 Å². The molecular weight excluding hydrogens is 384 g/mol. The van der Waals surface area contributed by atoms with Crippen molar-refractivity contribution in [1.29, 1.82) is 5.26 Å². The first kappa shape index (κ1) is 18.6.